The molecule has 1 aliphatic rings. The van der Waals surface area contributed by atoms with E-state index in [4.69, 9.17) is 9.15 Å². The highest BCUT2D eigenvalue weighted by Gasteiger charge is 2.13. The molecule has 29 heavy (non-hydrogen) atoms. The molecule has 2 aromatic rings. The smallest absolute Gasteiger partial charge is 0.226 e. The molecule has 0 unspecified atom stereocenters. The number of hydrogen-bond acceptors (Lipinski definition) is 5. The van der Waals surface area contributed by atoms with Gasteiger partial charge >= 0.3 is 0 Å². The maximum atomic E-state index is 12.1. The standard InChI is InChI=1S/C23H33N3O3/c1-3-19-8-10-20(11-9-19)23-25-21(18(2)29-23)6-4-7-22(27)24-12-5-13-26-14-16-28-17-15-26/h8-11H,3-7,12-17H2,1-2H3,(H,24,27). The number of aromatic nitrogens is 1. The lowest BCUT2D eigenvalue weighted by molar-refractivity contribution is -0.121. The third kappa shape index (κ3) is 6.68. The van der Waals surface area contributed by atoms with Crippen molar-refractivity contribution < 1.29 is 13.9 Å². The van der Waals surface area contributed by atoms with Gasteiger partial charge in [0.2, 0.25) is 11.8 Å². The molecule has 0 atom stereocenters. The number of aryl methyl sites for hydroxylation is 3. The predicted molar refractivity (Wildman–Crippen MR) is 114 cm³/mol. The van der Waals surface area contributed by atoms with Crippen LogP contribution in [-0.4, -0.2) is 55.2 Å². The Hall–Kier alpha value is -2.18. The molecule has 1 fully saturated rings. The summed E-state index contributed by atoms with van der Waals surface area (Å²) in [6.07, 6.45) is 4.05. The van der Waals surface area contributed by atoms with Crippen LogP contribution < -0.4 is 5.32 Å². The third-order valence-electron chi connectivity index (χ3n) is 5.40. The SMILES string of the molecule is CCc1ccc(-c2nc(CCCC(=O)NCCCN3CCOCC3)c(C)o2)cc1. The van der Waals surface area contributed by atoms with Gasteiger partial charge in [-0.05, 0) is 56.8 Å². The average Bonchev–Trinajstić information content (AvgIpc) is 3.12. The fourth-order valence-electron chi connectivity index (χ4n) is 3.53. The second-order valence-electron chi connectivity index (χ2n) is 7.58. The van der Waals surface area contributed by atoms with Gasteiger partial charge in [-0.15, -0.1) is 0 Å². The van der Waals surface area contributed by atoms with E-state index in [9.17, 15) is 4.79 Å². The highest BCUT2D eigenvalue weighted by Crippen LogP contribution is 2.23. The fourth-order valence-corrected chi connectivity index (χ4v) is 3.53. The van der Waals surface area contributed by atoms with Gasteiger partial charge in [-0.25, -0.2) is 4.98 Å². The molecule has 0 aliphatic carbocycles. The lowest BCUT2D eigenvalue weighted by atomic mass is 10.1. The maximum Gasteiger partial charge on any atom is 0.226 e. The number of oxazole rings is 1. The number of benzene rings is 1. The second kappa shape index (κ2) is 11.1. The molecular formula is C23H33N3O3. The number of nitrogens with zero attached hydrogens (tertiary/aromatic N) is 2. The van der Waals surface area contributed by atoms with Crippen molar-refractivity contribution in [2.45, 2.75) is 46.0 Å². The lowest BCUT2D eigenvalue weighted by Crippen LogP contribution is -2.38. The summed E-state index contributed by atoms with van der Waals surface area (Å²) >= 11 is 0. The summed E-state index contributed by atoms with van der Waals surface area (Å²) in [6.45, 7) is 9.46. The highest BCUT2D eigenvalue weighted by molar-refractivity contribution is 5.75. The zero-order valence-electron chi connectivity index (χ0n) is 17.7. The van der Waals surface area contributed by atoms with Gasteiger partial charge in [-0.2, -0.15) is 0 Å². The van der Waals surface area contributed by atoms with Crippen molar-refractivity contribution in [3.63, 3.8) is 0 Å². The van der Waals surface area contributed by atoms with Crippen LogP contribution >= 0.6 is 0 Å². The van der Waals surface area contributed by atoms with Gasteiger partial charge in [0.15, 0.2) is 0 Å². The molecule has 1 aromatic carbocycles. The van der Waals surface area contributed by atoms with Gasteiger partial charge in [-0.3, -0.25) is 9.69 Å². The number of carbonyl (C=O) groups is 1. The minimum Gasteiger partial charge on any atom is -0.441 e. The van der Waals surface area contributed by atoms with E-state index in [1.54, 1.807) is 0 Å². The number of nitrogens with one attached hydrogen (secondary N) is 1. The van der Waals surface area contributed by atoms with E-state index in [1.165, 1.54) is 5.56 Å². The van der Waals surface area contributed by atoms with Crippen molar-refractivity contribution >= 4 is 5.91 Å². The predicted octanol–water partition coefficient (Wildman–Crippen LogP) is 3.37. The van der Waals surface area contributed by atoms with E-state index in [0.717, 1.165) is 82.1 Å². The Kier molecular flexibility index (Phi) is 8.25. The number of morpholine rings is 1. The molecule has 1 amide bonds. The molecule has 0 saturated carbocycles. The molecule has 6 nitrogen and oxygen atoms in total. The van der Waals surface area contributed by atoms with Gasteiger partial charge in [0, 0.05) is 31.6 Å². The third-order valence-corrected chi connectivity index (χ3v) is 5.40. The summed E-state index contributed by atoms with van der Waals surface area (Å²) in [6, 6.07) is 8.33. The molecule has 0 radical (unpaired) electrons. The highest BCUT2D eigenvalue weighted by atomic mass is 16.5. The molecule has 1 aliphatic heterocycles. The summed E-state index contributed by atoms with van der Waals surface area (Å²) in [5.74, 6) is 1.61. The Morgan fingerprint density at radius 3 is 2.66 bits per heavy atom. The summed E-state index contributed by atoms with van der Waals surface area (Å²) in [5, 5.41) is 3.02. The van der Waals surface area contributed by atoms with Crippen molar-refractivity contribution in [2.24, 2.45) is 0 Å². The summed E-state index contributed by atoms with van der Waals surface area (Å²) < 4.78 is 11.2. The Morgan fingerprint density at radius 1 is 1.17 bits per heavy atom. The Labute approximate surface area is 173 Å². The molecular weight excluding hydrogens is 366 g/mol. The van der Waals surface area contributed by atoms with Crippen molar-refractivity contribution in [3.05, 3.63) is 41.3 Å². The van der Waals surface area contributed by atoms with Crippen molar-refractivity contribution in [1.29, 1.82) is 0 Å². The summed E-state index contributed by atoms with van der Waals surface area (Å²) in [7, 11) is 0. The molecule has 2 heterocycles. The normalized spacial score (nSPS) is 14.8. The quantitative estimate of drug-likeness (QED) is 0.621. The van der Waals surface area contributed by atoms with Crippen molar-refractivity contribution in [2.75, 3.05) is 39.4 Å². The zero-order chi connectivity index (χ0) is 20.5. The first-order chi connectivity index (χ1) is 14.2. The second-order valence-corrected chi connectivity index (χ2v) is 7.58. The van der Waals surface area contributed by atoms with E-state index in [2.05, 4.69) is 46.4 Å². The minimum absolute atomic E-state index is 0.114. The van der Waals surface area contributed by atoms with Crippen LogP contribution in [0.1, 0.15) is 43.2 Å². The van der Waals surface area contributed by atoms with Gasteiger partial charge in [0.25, 0.3) is 0 Å². The van der Waals surface area contributed by atoms with E-state index in [1.807, 2.05) is 6.92 Å². The molecule has 1 aromatic heterocycles. The molecule has 158 valence electrons. The lowest BCUT2D eigenvalue weighted by Gasteiger charge is -2.26. The fraction of sp³-hybridized carbons (Fsp3) is 0.565. The molecule has 0 spiro atoms. The number of rotatable bonds is 10. The Morgan fingerprint density at radius 2 is 1.93 bits per heavy atom. The van der Waals surface area contributed by atoms with E-state index < -0.39 is 0 Å². The van der Waals surface area contributed by atoms with Gasteiger partial charge in [-0.1, -0.05) is 19.1 Å². The Balaban J connectivity index is 1.36. The first-order valence-corrected chi connectivity index (χ1v) is 10.8. The number of hydrogen-bond donors (Lipinski definition) is 1. The molecule has 6 heteroatoms. The van der Waals surface area contributed by atoms with Crippen LogP contribution in [0.4, 0.5) is 0 Å². The van der Waals surface area contributed by atoms with Crippen molar-refractivity contribution in [3.8, 4) is 11.5 Å². The van der Waals surface area contributed by atoms with Gasteiger partial charge in [0.05, 0.1) is 18.9 Å². The summed E-state index contributed by atoms with van der Waals surface area (Å²) in [4.78, 5) is 19.1. The van der Waals surface area contributed by atoms with Gasteiger partial charge in [0.1, 0.15) is 5.76 Å². The van der Waals surface area contributed by atoms with E-state index >= 15 is 0 Å². The monoisotopic (exact) mass is 399 g/mol. The van der Waals surface area contributed by atoms with Crippen LogP contribution in [0.15, 0.2) is 28.7 Å². The van der Waals surface area contributed by atoms with Crippen LogP contribution in [0.5, 0.6) is 0 Å². The average molecular weight is 400 g/mol. The first-order valence-electron chi connectivity index (χ1n) is 10.8. The topological polar surface area (TPSA) is 67.6 Å². The van der Waals surface area contributed by atoms with Crippen LogP contribution in [-0.2, 0) is 22.4 Å². The number of ether oxygens (including phenoxy) is 1. The van der Waals surface area contributed by atoms with E-state index in [-0.39, 0.29) is 5.91 Å². The minimum atomic E-state index is 0.114. The van der Waals surface area contributed by atoms with Crippen LogP contribution in [0, 0.1) is 6.92 Å². The van der Waals surface area contributed by atoms with Crippen molar-refractivity contribution in [1.82, 2.24) is 15.2 Å². The first kappa shape index (κ1) is 21.5. The molecule has 1 N–H and O–H groups in total. The van der Waals surface area contributed by atoms with Crippen LogP contribution in [0.3, 0.4) is 0 Å². The van der Waals surface area contributed by atoms with Crippen LogP contribution in [0.25, 0.3) is 11.5 Å². The zero-order valence-corrected chi connectivity index (χ0v) is 17.7. The molecule has 3 rings (SSSR count). The van der Waals surface area contributed by atoms with Gasteiger partial charge < -0.3 is 14.5 Å². The molecule has 1 saturated heterocycles. The molecule has 0 bridgehead atoms. The summed E-state index contributed by atoms with van der Waals surface area (Å²) in [5.41, 5.74) is 3.24. The number of amides is 1. The Bertz CT molecular complexity index is 764. The van der Waals surface area contributed by atoms with E-state index in [0.29, 0.717) is 12.3 Å². The van der Waals surface area contributed by atoms with Crippen LogP contribution in [0.2, 0.25) is 0 Å². The maximum absolute atomic E-state index is 12.1. The number of carbonyl (C=O) groups excluding carboxylic acids is 1. The largest absolute Gasteiger partial charge is 0.441 e.